The first-order valence-electron chi connectivity index (χ1n) is 7.70. The number of nitrogens with one attached hydrogen (secondary N) is 1. The monoisotopic (exact) mass is 320 g/mol. The number of rotatable bonds is 3. The Morgan fingerprint density at radius 3 is 2.92 bits per heavy atom. The molecule has 0 aliphatic carbocycles. The highest BCUT2D eigenvalue weighted by Crippen LogP contribution is 2.29. The Labute approximate surface area is 137 Å². The number of H-pyrrole nitrogens is 1. The second-order valence-electron chi connectivity index (χ2n) is 5.53. The fourth-order valence-corrected chi connectivity index (χ4v) is 2.95. The van der Waals surface area contributed by atoms with Gasteiger partial charge in [0.1, 0.15) is 12.1 Å². The van der Waals surface area contributed by atoms with Crippen LogP contribution in [0.1, 0.15) is 6.92 Å². The highest BCUT2D eigenvalue weighted by Gasteiger charge is 2.14. The molecule has 7 nitrogen and oxygen atoms in total. The molecular weight excluding hydrogens is 304 g/mol. The molecule has 4 aromatic rings. The Bertz CT molecular complexity index is 1080. The summed E-state index contributed by atoms with van der Waals surface area (Å²) in [6.45, 7) is 2.55. The summed E-state index contributed by atoms with van der Waals surface area (Å²) in [5.41, 5.74) is 3.24. The fourth-order valence-electron chi connectivity index (χ4n) is 2.95. The van der Waals surface area contributed by atoms with Gasteiger partial charge in [-0.05, 0) is 31.2 Å². The maximum Gasteiger partial charge on any atom is 0.326 e. The summed E-state index contributed by atoms with van der Waals surface area (Å²) in [7, 11) is 1.93. The molecular formula is C17H16N6O. The number of anilines is 2. The smallest absolute Gasteiger partial charge is 0.326 e. The van der Waals surface area contributed by atoms with Crippen LogP contribution < -0.4 is 10.6 Å². The first-order chi connectivity index (χ1) is 11.7. The van der Waals surface area contributed by atoms with Gasteiger partial charge in [-0.15, -0.1) is 0 Å². The highest BCUT2D eigenvalue weighted by molar-refractivity contribution is 5.99. The largest absolute Gasteiger partial charge is 0.328 e. The van der Waals surface area contributed by atoms with Crippen molar-refractivity contribution in [3.8, 4) is 0 Å². The first-order valence-corrected chi connectivity index (χ1v) is 7.70. The van der Waals surface area contributed by atoms with Gasteiger partial charge < -0.3 is 9.88 Å². The van der Waals surface area contributed by atoms with Crippen LogP contribution in [0.4, 0.5) is 11.5 Å². The third-order valence-electron chi connectivity index (χ3n) is 4.18. The van der Waals surface area contributed by atoms with E-state index in [0.717, 1.165) is 33.4 Å². The molecule has 0 saturated heterocycles. The van der Waals surface area contributed by atoms with Crippen molar-refractivity contribution in [2.24, 2.45) is 0 Å². The SMILES string of the molecule is CCn1c(=O)[nH]c2cc3c(N(C)c4cccnc4)ncnc3cc21. The predicted octanol–water partition coefficient (Wildman–Crippen LogP) is 2.46. The fraction of sp³-hybridized carbons (Fsp3) is 0.176. The van der Waals surface area contributed by atoms with Crippen LogP contribution in [-0.4, -0.2) is 31.6 Å². The molecule has 3 heterocycles. The predicted molar refractivity (Wildman–Crippen MR) is 93.6 cm³/mol. The zero-order valence-corrected chi connectivity index (χ0v) is 13.4. The number of aromatic nitrogens is 5. The van der Waals surface area contributed by atoms with Gasteiger partial charge in [0, 0.05) is 25.2 Å². The van der Waals surface area contributed by atoms with Crippen LogP contribution in [0.3, 0.4) is 0 Å². The maximum absolute atomic E-state index is 12.0. The van der Waals surface area contributed by atoms with Crippen molar-refractivity contribution in [2.75, 3.05) is 11.9 Å². The van der Waals surface area contributed by atoms with E-state index in [2.05, 4.69) is 19.9 Å². The van der Waals surface area contributed by atoms with E-state index < -0.39 is 0 Å². The van der Waals surface area contributed by atoms with Crippen molar-refractivity contribution >= 4 is 33.4 Å². The van der Waals surface area contributed by atoms with Gasteiger partial charge in [-0.1, -0.05) is 0 Å². The van der Waals surface area contributed by atoms with Crippen molar-refractivity contribution < 1.29 is 0 Å². The topological polar surface area (TPSA) is 79.7 Å². The minimum Gasteiger partial charge on any atom is -0.328 e. The van der Waals surface area contributed by atoms with Gasteiger partial charge in [0.15, 0.2) is 0 Å². The normalized spacial score (nSPS) is 11.2. The number of pyridine rings is 1. The Balaban J connectivity index is 1.97. The molecule has 120 valence electrons. The van der Waals surface area contributed by atoms with Crippen molar-refractivity contribution in [1.82, 2.24) is 24.5 Å². The quantitative estimate of drug-likeness (QED) is 0.627. The Hall–Kier alpha value is -3.22. The molecule has 0 atom stereocenters. The number of fused-ring (bicyclic) bond motifs is 2. The van der Waals surface area contributed by atoms with Crippen molar-refractivity contribution in [1.29, 1.82) is 0 Å². The highest BCUT2D eigenvalue weighted by atomic mass is 16.1. The van der Waals surface area contributed by atoms with Gasteiger partial charge in [-0.2, -0.15) is 0 Å². The lowest BCUT2D eigenvalue weighted by atomic mass is 10.2. The summed E-state index contributed by atoms with van der Waals surface area (Å²) < 4.78 is 1.70. The third-order valence-corrected chi connectivity index (χ3v) is 4.18. The lowest BCUT2D eigenvalue weighted by molar-refractivity contribution is 0.753. The molecule has 0 fully saturated rings. The Morgan fingerprint density at radius 2 is 2.17 bits per heavy atom. The van der Waals surface area contributed by atoms with E-state index in [1.54, 1.807) is 17.0 Å². The van der Waals surface area contributed by atoms with Crippen molar-refractivity contribution in [3.05, 3.63) is 53.5 Å². The Morgan fingerprint density at radius 1 is 1.29 bits per heavy atom. The molecule has 1 aromatic carbocycles. The van der Waals surface area contributed by atoms with Crippen LogP contribution in [0.25, 0.3) is 21.9 Å². The Kier molecular flexibility index (Phi) is 3.26. The van der Waals surface area contributed by atoms with E-state index in [-0.39, 0.29) is 5.69 Å². The van der Waals surface area contributed by atoms with Gasteiger partial charge in [0.05, 0.1) is 28.4 Å². The third kappa shape index (κ3) is 2.13. The first kappa shape index (κ1) is 14.4. The zero-order chi connectivity index (χ0) is 16.7. The van der Waals surface area contributed by atoms with E-state index in [4.69, 9.17) is 0 Å². The van der Waals surface area contributed by atoms with E-state index >= 15 is 0 Å². The number of aromatic amines is 1. The molecule has 0 saturated carbocycles. The number of nitrogens with zero attached hydrogens (tertiary/aromatic N) is 5. The summed E-state index contributed by atoms with van der Waals surface area (Å²) >= 11 is 0. The van der Waals surface area contributed by atoms with Crippen LogP contribution in [-0.2, 0) is 6.54 Å². The molecule has 24 heavy (non-hydrogen) atoms. The molecule has 0 spiro atoms. The number of hydrogen-bond donors (Lipinski definition) is 1. The molecule has 4 rings (SSSR count). The van der Waals surface area contributed by atoms with Crippen LogP contribution in [0.5, 0.6) is 0 Å². The minimum atomic E-state index is -0.113. The number of aryl methyl sites for hydroxylation is 1. The summed E-state index contributed by atoms with van der Waals surface area (Å²) in [5, 5.41) is 0.876. The van der Waals surface area contributed by atoms with Gasteiger partial charge in [-0.3, -0.25) is 9.55 Å². The standard InChI is InChI=1S/C17H16N6O/c1-3-23-15-8-13-12(7-14(15)21-17(23)24)16(20-10-19-13)22(2)11-5-4-6-18-9-11/h4-10H,3H2,1-2H3,(H,21,24). The van der Waals surface area contributed by atoms with Gasteiger partial charge >= 0.3 is 5.69 Å². The average molecular weight is 320 g/mol. The van der Waals surface area contributed by atoms with Gasteiger partial charge in [-0.25, -0.2) is 14.8 Å². The maximum atomic E-state index is 12.0. The van der Waals surface area contributed by atoms with Crippen LogP contribution in [0.15, 0.2) is 47.8 Å². The second-order valence-corrected chi connectivity index (χ2v) is 5.53. The van der Waals surface area contributed by atoms with E-state index in [0.29, 0.717) is 6.54 Å². The number of imidazole rings is 1. The van der Waals surface area contributed by atoms with Crippen LogP contribution in [0, 0.1) is 0 Å². The van der Waals surface area contributed by atoms with Crippen molar-refractivity contribution in [2.45, 2.75) is 13.5 Å². The molecule has 7 heteroatoms. The van der Waals surface area contributed by atoms with Crippen LogP contribution in [0.2, 0.25) is 0 Å². The summed E-state index contributed by atoms with van der Waals surface area (Å²) in [5.74, 6) is 0.764. The van der Waals surface area contributed by atoms with E-state index in [9.17, 15) is 4.79 Å². The average Bonchev–Trinajstić information content (AvgIpc) is 2.93. The number of hydrogen-bond acceptors (Lipinski definition) is 5. The van der Waals surface area contributed by atoms with Gasteiger partial charge in [0.2, 0.25) is 0 Å². The molecule has 1 N–H and O–H groups in total. The summed E-state index contributed by atoms with van der Waals surface area (Å²) in [4.78, 5) is 29.8. The molecule has 0 bridgehead atoms. The lowest BCUT2D eigenvalue weighted by Gasteiger charge is -2.19. The van der Waals surface area contributed by atoms with Gasteiger partial charge in [0.25, 0.3) is 0 Å². The molecule has 0 aliphatic rings. The van der Waals surface area contributed by atoms with E-state index in [1.807, 2.05) is 43.1 Å². The lowest BCUT2D eigenvalue weighted by Crippen LogP contribution is -2.14. The molecule has 0 aliphatic heterocycles. The van der Waals surface area contributed by atoms with Crippen molar-refractivity contribution in [3.63, 3.8) is 0 Å². The zero-order valence-electron chi connectivity index (χ0n) is 13.4. The van der Waals surface area contributed by atoms with E-state index in [1.165, 1.54) is 6.33 Å². The molecule has 3 aromatic heterocycles. The molecule has 0 radical (unpaired) electrons. The summed E-state index contributed by atoms with van der Waals surface area (Å²) in [6.07, 6.45) is 5.05. The summed E-state index contributed by atoms with van der Waals surface area (Å²) in [6, 6.07) is 7.70. The van der Waals surface area contributed by atoms with Crippen LogP contribution >= 0.6 is 0 Å². The molecule has 0 amide bonds. The molecule has 0 unspecified atom stereocenters. The second kappa shape index (κ2) is 5.45. The number of benzene rings is 1. The minimum absolute atomic E-state index is 0.113.